The van der Waals surface area contributed by atoms with Crippen LogP contribution in [0.5, 0.6) is 11.5 Å². The number of ether oxygens (including phenoxy) is 3. The maximum atomic E-state index is 14.9. The number of halogens is 5. The monoisotopic (exact) mass is 586 g/mol. The van der Waals surface area contributed by atoms with Crippen LogP contribution in [0.3, 0.4) is 0 Å². The van der Waals surface area contributed by atoms with Crippen LogP contribution in [-0.2, 0) is 22.4 Å². The molecule has 1 aliphatic heterocycles. The van der Waals surface area contributed by atoms with E-state index in [2.05, 4.69) is 35.3 Å². The Hall–Kier alpha value is -3.23. The van der Waals surface area contributed by atoms with Gasteiger partial charge >= 0.3 is 12.2 Å². The van der Waals surface area contributed by atoms with Crippen molar-refractivity contribution >= 4 is 30.8 Å². The molecule has 2 amide bonds. The van der Waals surface area contributed by atoms with Crippen LogP contribution < -0.4 is 15.4 Å². The van der Waals surface area contributed by atoms with Gasteiger partial charge in [0, 0.05) is 51.2 Å². The molecule has 8 nitrogen and oxygen atoms in total. The molecule has 1 aromatic carbocycles. The Morgan fingerprint density at radius 2 is 1.90 bits per heavy atom. The first-order chi connectivity index (χ1) is 18.7. The van der Waals surface area contributed by atoms with Gasteiger partial charge in [-0.3, -0.25) is 0 Å². The molecule has 1 aliphatic rings. The highest BCUT2D eigenvalue weighted by molar-refractivity contribution is 6.76. The van der Waals surface area contributed by atoms with E-state index < -0.39 is 54.3 Å². The number of carbonyl (C=O) groups is 1. The fourth-order valence-electron chi connectivity index (χ4n) is 3.96. The van der Waals surface area contributed by atoms with E-state index in [-0.39, 0.29) is 30.1 Å². The summed E-state index contributed by atoms with van der Waals surface area (Å²) in [6.07, 6.45) is -2.72. The van der Waals surface area contributed by atoms with Gasteiger partial charge in [-0.25, -0.2) is 18.6 Å². The lowest BCUT2D eigenvalue weighted by Crippen LogP contribution is -2.49. The molecule has 0 spiro atoms. The maximum Gasteiger partial charge on any atom is 0.418 e. The molecule has 14 heteroatoms. The van der Waals surface area contributed by atoms with Gasteiger partial charge in [0.1, 0.15) is 18.1 Å². The van der Waals surface area contributed by atoms with Crippen molar-refractivity contribution in [1.82, 2.24) is 14.9 Å². The van der Waals surface area contributed by atoms with Crippen LogP contribution in [0.25, 0.3) is 11.0 Å². The highest BCUT2D eigenvalue weighted by Crippen LogP contribution is 2.41. The molecule has 40 heavy (non-hydrogen) atoms. The number of hydrogen-bond donors (Lipinski definition) is 2. The molecule has 4 rings (SSSR count). The Kier molecular flexibility index (Phi) is 8.43. The third kappa shape index (κ3) is 7.09. The molecule has 0 unspecified atom stereocenters. The minimum atomic E-state index is -4.78. The number of amides is 2. The number of aromatic nitrogens is 2. The molecule has 0 atom stereocenters. The molecule has 0 bridgehead atoms. The van der Waals surface area contributed by atoms with Gasteiger partial charge in [-0.2, -0.15) is 13.2 Å². The first-order valence-corrected chi connectivity index (χ1v) is 16.3. The van der Waals surface area contributed by atoms with Gasteiger partial charge in [0.2, 0.25) is 0 Å². The van der Waals surface area contributed by atoms with Crippen molar-refractivity contribution in [2.45, 2.75) is 45.5 Å². The minimum absolute atomic E-state index is 0.0841. The number of nitrogens with zero attached hydrogens (tertiary/aromatic N) is 2. The third-order valence-corrected chi connectivity index (χ3v) is 8.02. The first-order valence-electron chi connectivity index (χ1n) is 12.6. The van der Waals surface area contributed by atoms with E-state index in [9.17, 15) is 26.7 Å². The van der Waals surface area contributed by atoms with Crippen LogP contribution in [-0.4, -0.2) is 50.0 Å². The second-order valence-corrected chi connectivity index (χ2v) is 17.0. The second kappa shape index (κ2) is 11.3. The SMILES string of the molecule is CC1(CNC(=O)Nc2cc(F)c(Oc3ccnc4c3c(C(F)(F)F)cn4COCC[Si](C)(C)C)cc2F)COC1. The van der Waals surface area contributed by atoms with Crippen LogP contribution in [0.2, 0.25) is 25.7 Å². The number of urea groups is 1. The topological polar surface area (TPSA) is 86.6 Å². The van der Waals surface area contributed by atoms with Crippen molar-refractivity contribution in [3.63, 3.8) is 0 Å². The van der Waals surface area contributed by atoms with Crippen molar-refractivity contribution in [3.8, 4) is 11.5 Å². The van der Waals surface area contributed by atoms with Gasteiger partial charge in [-0.1, -0.05) is 26.6 Å². The number of carbonyl (C=O) groups excluding carboxylic acids is 1. The van der Waals surface area contributed by atoms with E-state index in [1.165, 1.54) is 10.8 Å². The van der Waals surface area contributed by atoms with Crippen LogP contribution in [0.1, 0.15) is 12.5 Å². The zero-order chi connectivity index (χ0) is 29.3. The molecule has 2 aromatic heterocycles. The van der Waals surface area contributed by atoms with E-state index >= 15 is 0 Å². The predicted molar refractivity (Wildman–Crippen MR) is 141 cm³/mol. The lowest BCUT2D eigenvalue weighted by molar-refractivity contribution is -0.136. The van der Waals surface area contributed by atoms with Crippen molar-refractivity contribution in [3.05, 3.63) is 47.8 Å². The van der Waals surface area contributed by atoms with Crippen molar-refractivity contribution in [2.24, 2.45) is 5.41 Å². The Balaban J connectivity index is 1.55. The zero-order valence-corrected chi connectivity index (χ0v) is 23.5. The largest absolute Gasteiger partial charge is 0.453 e. The molecule has 218 valence electrons. The minimum Gasteiger partial charge on any atom is -0.453 e. The summed E-state index contributed by atoms with van der Waals surface area (Å²) in [4.78, 5) is 16.2. The molecule has 2 N–H and O–H groups in total. The summed E-state index contributed by atoms with van der Waals surface area (Å²) in [6.45, 7) is 9.77. The zero-order valence-electron chi connectivity index (χ0n) is 22.5. The van der Waals surface area contributed by atoms with Gasteiger partial charge < -0.3 is 29.4 Å². The molecule has 0 aliphatic carbocycles. The standard InChI is InChI=1S/C26H31F5N4O4Si/c1-25(13-38-14-25)12-33-24(36)34-19-9-18(28)21(10-17(19)27)39-20-5-6-32-23-22(20)16(26(29,30)31)11-35(23)15-37-7-8-40(2,3)4/h5-6,9-11H,7-8,12-15H2,1-4H3,(H2,33,34,36). The number of hydrogen-bond acceptors (Lipinski definition) is 5. The number of anilines is 1. The van der Waals surface area contributed by atoms with E-state index in [1.54, 1.807) is 0 Å². The summed E-state index contributed by atoms with van der Waals surface area (Å²) in [5, 5.41) is 4.37. The highest BCUT2D eigenvalue weighted by Gasteiger charge is 2.37. The normalized spacial score (nSPS) is 15.1. The smallest absolute Gasteiger partial charge is 0.418 e. The van der Waals surface area contributed by atoms with E-state index in [4.69, 9.17) is 14.2 Å². The lowest BCUT2D eigenvalue weighted by Gasteiger charge is -2.37. The first kappa shape index (κ1) is 29.7. The molecule has 3 heterocycles. The highest BCUT2D eigenvalue weighted by atomic mass is 28.3. The van der Waals surface area contributed by atoms with E-state index in [0.29, 0.717) is 32.0 Å². The quantitative estimate of drug-likeness (QED) is 0.159. The predicted octanol–water partition coefficient (Wildman–Crippen LogP) is 6.60. The van der Waals surface area contributed by atoms with Gasteiger partial charge in [-0.05, 0) is 12.1 Å². The van der Waals surface area contributed by atoms with E-state index in [1.807, 2.05) is 6.92 Å². The number of nitrogens with one attached hydrogen (secondary N) is 2. The van der Waals surface area contributed by atoms with Gasteiger partial charge in [0.15, 0.2) is 17.4 Å². The van der Waals surface area contributed by atoms with Crippen LogP contribution in [0, 0.1) is 17.0 Å². The Bertz CT molecular complexity index is 1390. The van der Waals surface area contributed by atoms with Crippen LogP contribution in [0.15, 0.2) is 30.6 Å². The average Bonchev–Trinajstić information content (AvgIpc) is 3.22. The Labute approximate surface area is 228 Å². The lowest BCUT2D eigenvalue weighted by atomic mass is 9.89. The molecule has 3 aromatic rings. The van der Waals surface area contributed by atoms with Gasteiger partial charge in [0.25, 0.3) is 0 Å². The fraction of sp³-hybridized carbons (Fsp3) is 0.462. The van der Waals surface area contributed by atoms with Crippen molar-refractivity contribution < 1.29 is 41.0 Å². The molecule has 1 fully saturated rings. The molecule has 1 saturated heterocycles. The summed E-state index contributed by atoms with van der Waals surface area (Å²) < 4.78 is 88.9. The molecular formula is C26H31F5N4O4Si. The fourth-order valence-corrected chi connectivity index (χ4v) is 4.72. The number of rotatable bonds is 10. The molecule has 0 saturated carbocycles. The van der Waals surface area contributed by atoms with Crippen molar-refractivity contribution in [2.75, 3.05) is 31.7 Å². The summed E-state index contributed by atoms with van der Waals surface area (Å²) in [5.41, 5.74) is -1.84. The summed E-state index contributed by atoms with van der Waals surface area (Å²) >= 11 is 0. The third-order valence-electron chi connectivity index (χ3n) is 6.32. The number of benzene rings is 1. The summed E-state index contributed by atoms with van der Waals surface area (Å²) in [7, 11) is -1.41. The van der Waals surface area contributed by atoms with Gasteiger partial charge in [0.05, 0.1) is 29.9 Å². The van der Waals surface area contributed by atoms with Gasteiger partial charge in [-0.15, -0.1) is 0 Å². The number of fused-ring (bicyclic) bond motifs is 1. The van der Waals surface area contributed by atoms with Crippen LogP contribution in [0.4, 0.5) is 32.4 Å². The van der Waals surface area contributed by atoms with E-state index in [0.717, 1.165) is 18.3 Å². The average molecular weight is 587 g/mol. The number of alkyl halides is 3. The Morgan fingerprint density at radius 3 is 2.52 bits per heavy atom. The molecule has 0 radical (unpaired) electrons. The Morgan fingerprint density at radius 1 is 1.18 bits per heavy atom. The maximum absolute atomic E-state index is 14.9. The summed E-state index contributed by atoms with van der Waals surface area (Å²) in [6, 6.07) is 2.56. The van der Waals surface area contributed by atoms with Crippen molar-refractivity contribution in [1.29, 1.82) is 0 Å². The number of pyridine rings is 1. The second-order valence-electron chi connectivity index (χ2n) is 11.3. The molecular weight excluding hydrogens is 555 g/mol. The summed E-state index contributed by atoms with van der Waals surface area (Å²) in [5.74, 6) is -3.17. The van der Waals surface area contributed by atoms with Crippen LogP contribution >= 0.6 is 0 Å².